The van der Waals surface area contributed by atoms with Crippen molar-refractivity contribution in [1.82, 2.24) is 10.1 Å². The Kier molecular flexibility index (Phi) is 4.88. The minimum atomic E-state index is -0.538. The van der Waals surface area contributed by atoms with Crippen molar-refractivity contribution < 1.29 is 18.8 Å². The highest BCUT2D eigenvalue weighted by Crippen LogP contribution is 2.35. The van der Waals surface area contributed by atoms with Crippen LogP contribution in [0.25, 0.3) is 0 Å². The molecule has 0 aliphatic carbocycles. The lowest BCUT2D eigenvalue weighted by molar-refractivity contribution is -0.119. The lowest BCUT2D eigenvalue weighted by atomic mass is 9.93. The molecule has 1 aliphatic heterocycles. The number of ether oxygens (including phenoxy) is 2. The zero-order valence-corrected chi connectivity index (χ0v) is 12.3. The van der Waals surface area contributed by atoms with E-state index in [0.717, 1.165) is 0 Å². The molecule has 1 atom stereocenters. The van der Waals surface area contributed by atoms with E-state index < -0.39 is 5.60 Å². The second-order valence-electron chi connectivity index (χ2n) is 5.07. The number of nitrogens with zero attached hydrogens (tertiary/aromatic N) is 2. The normalized spacial score (nSPS) is 19.8. The molecular weight excluding hydrogens is 260 g/mol. The number of carbonyl (C=O) groups excluding carboxylic acids is 1. The number of ketones is 1. The van der Waals surface area contributed by atoms with E-state index in [-0.39, 0.29) is 11.7 Å². The first-order chi connectivity index (χ1) is 9.63. The molecule has 6 heteroatoms. The quantitative estimate of drug-likeness (QED) is 0.796. The molecule has 20 heavy (non-hydrogen) atoms. The Hall–Kier alpha value is -1.27. The van der Waals surface area contributed by atoms with Crippen molar-refractivity contribution in [3.8, 4) is 0 Å². The van der Waals surface area contributed by atoms with Gasteiger partial charge in [0, 0.05) is 32.7 Å². The highest BCUT2D eigenvalue weighted by molar-refractivity contribution is 5.82. The van der Waals surface area contributed by atoms with Crippen LogP contribution < -0.4 is 0 Å². The number of hydrogen-bond acceptors (Lipinski definition) is 6. The molecule has 1 saturated heterocycles. The van der Waals surface area contributed by atoms with Crippen LogP contribution in [0.15, 0.2) is 4.52 Å². The molecular formula is C14H22N2O4. The van der Waals surface area contributed by atoms with Gasteiger partial charge in [-0.3, -0.25) is 4.79 Å². The highest BCUT2D eigenvalue weighted by Gasteiger charge is 2.40. The van der Waals surface area contributed by atoms with Crippen molar-refractivity contribution in [2.45, 2.75) is 51.6 Å². The molecule has 0 amide bonds. The van der Waals surface area contributed by atoms with Crippen molar-refractivity contribution in [3.05, 3.63) is 11.7 Å². The second-order valence-corrected chi connectivity index (χ2v) is 5.07. The Morgan fingerprint density at radius 2 is 2.10 bits per heavy atom. The Labute approximate surface area is 118 Å². The molecule has 0 saturated carbocycles. The summed E-state index contributed by atoms with van der Waals surface area (Å²) in [6, 6.07) is 0. The third kappa shape index (κ3) is 2.91. The summed E-state index contributed by atoms with van der Waals surface area (Å²) in [5, 5.41) is 4.06. The van der Waals surface area contributed by atoms with E-state index in [1.54, 1.807) is 6.92 Å². The molecule has 2 rings (SSSR count). The molecule has 1 aromatic heterocycles. The topological polar surface area (TPSA) is 74.5 Å². The average molecular weight is 282 g/mol. The first-order valence-corrected chi connectivity index (χ1v) is 7.19. The van der Waals surface area contributed by atoms with Gasteiger partial charge in [0.25, 0.3) is 0 Å². The molecule has 6 nitrogen and oxygen atoms in total. The lowest BCUT2D eigenvalue weighted by Crippen LogP contribution is -2.37. The fourth-order valence-electron chi connectivity index (χ4n) is 2.61. The van der Waals surface area contributed by atoms with Crippen LogP contribution in [-0.2, 0) is 19.9 Å². The fraction of sp³-hybridized carbons (Fsp3) is 0.786. The van der Waals surface area contributed by atoms with Crippen molar-refractivity contribution in [2.75, 3.05) is 19.8 Å². The third-order valence-electron chi connectivity index (χ3n) is 3.77. The molecule has 112 valence electrons. The van der Waals surface area contributed by atoms with Crippen LogP contribution in [0.1, 0.15) is 57.7 Å². The maximum absolute atomic E-state index is 11.6. The third-order valence-corrected chi connectivity index (χ3v) is 3.77. The van der Waals surface area contributed by atoms with Crippen molar-refractivity contribution in [1.29, 1.82) is 0 Å². The van der Waals surface area contributed by atoms with Gasteiger partial charge in [-0.2, -0.15) is 4.98 Å². The van der Waals surface area contributed by atoms with Crippen LogP contribution in [0.4, 0.5) is 0 Å². The molecule has 0 radical (unpaired) electrons. The van der Waals surface area contributed by atoms with E-state index in [1.807, 2.05) is 13.8 Å². The second kappa shape index (κ2) is 6.45. The summed E-state index contributed by atoms with van der Waals surface area (Å²) in [6.07, 6.45) is 2.06. The van der Waals surface area contributed by atoms with E-state index in [1.165, 1.54) is 0 Å². The minimum absolute atomic E-state index is 0.0418. The zero-order chi connectivity index (χ0) is 14.6. The van der Waals surface area contributed by atoms with Gasteiger partial charge in [-0.25, -0.2) is 0 Å². The zero-order valence-electron chi connectivity index (χ0n) is 12.3. The number of hydrogen-bond donors (Lipinski definition) is 0. The van der Waals surface area contributed by atoms with E-state index in [2.05, 4.69) is 10.1 Å². The minimum Gasteiger partial charge on any atom is -0.381 e. The van der Waals surface area contributed by atoms with Gasteiger partial charge in [0.2, 0.25) is 11.7 Å². The predicted octanol–water partition coefficient (Wildman–Crippen LogP) is 2.19. The van der Waals surface area contributed by atoms with Gasteiger partial charge in [0.1, 0.15) is 11.4 Å². The molecule has 1 fully saturated rings. The first-order valence-electron chi connectivity index (χ1n) is 7.19. The Morgan fingerprint density at radius 1 is 1.40 bits per heavy atom. The van der Waals surface area contributed by atoms with Gasteiger partial charge in [-0.15, -0.1) is 0 Å². The van der Waals surface area contributed by atoms with E-state index >= 15 is 0 Å². The maximum atomic E-state index is 11.6. The van der Waals surface area contributed by atoms with Crippen LogP contribution in [0, 0.1) is 0 Å². The Morgan fingerprint density at radius 3 is 2.65 bits per heavy atom. The van der Waals surface area contributed by atoms with Gasteiger partial charge in [-0.1, -0.05) is 12.1 Å². The molecule has 0 N–H and O–H groups in total. The van der Waals surface area contributed by atoms with Gasteiger partial charge < -0.3 is 14.0 Å². The Bertz CT molecular complexity index is 446. The van der Waals surface area contributed by atoms with E-state index in [0.29, 0.717) is 50.8 Å². The number of carbonyl (C=O) groups is 1. The monoisotopic (exact) mass is 282 g/mol. The molecule has 0 bridgehead atoms. The summed E-state index contributed by atoms with van der Waals surface area (Å²) in [5.74, 6) is 0.646. The van der Waals surface area contributed by atoms with Crippen LogP contribution in [0.5, 0.6) is 0 Å². The molecule has 0 aromatic carbocycles. The average Bonchev–Trinajstić information content (AvgIpc) is 2.90. The summed E-state index contributed by atoms with van der Waals surface area (Å²) in [5.41, 5.74) is -0.538. The van der Waals surface area contributed by atoms with Gasteiger partial charge in [-0.05, 0) is 20.3 Å². The summed E-state index contributed by atoms with van der Waals surface area (Å²) in [6.45, 7) is 7.24. The fourth-order valence-corrected chi connectivity index (χ4v) is 2.61. The van der Waals surface area contributed by atoms with Crippen LogP contribution in [-0.4, -0.2) is 35.7 Å². The largest absolute Gasteiger partial charge is 0.381 e. The molecule has 0 spiro atoms. The van der Waals surface area contributed by atoms with Crippen molar-refractivity contribution in [2.24, 2.45) is 0 Å². The molecule has 1 aromatic rings. The Balaban J connectivity index is 2.26. The predicted molar refractivity (Wildman–Crippen MR) is 71.4 cm³/mol. The van der Waals surface area contributed by atoms with Gasteiger partial charge >= 0.3 is 0 Å². The van der Waals surface area contributed by atoms with Crippen molar-refractivity contribution in [3.63, 3.8) is 0 Å². The summed E-state index contributed by atoms with van der Waals surface area (Å²) in [4.78, 5) is 16.0. The summed E-state index contributed by atoms with van der Waals surface area (Å²) < 4.78 is 16.6. The van der Waals surface area contributed by atoms with Crippen molar-refractivity contribution >= 4 is 5.78 Å². The van der Waals surface area contributed by atoms with Gasteiger partial charge in [0.05, 0.1) is 5.92 Å². The van der Waals surface area contributed by atoms with E-state index in [4.69, 9.17) is 14.0 Å². The number of Topliss-reactive ketones (excluding diaryl/α,β-unsaturated/α-hetero) is 1. The van der Waals surface area contributed by atoms with Crippen LogP contribution in [0.3, 0.4) is 0 Å². The summed E-state index contributed by atoms with van der Waals surface area (Å²) >= 11 is 0. The van der Waals surface area contributed by atoms with Crippen LogP contribution >= 0.6 is 0 Å². The summed E-state index contributed by atoms with van der Waals surface area (Å²) in [7, 11) is 0. The number of aromatic nitrogens is 2. The molecule has 1 unspecified atom stereocenters. The molecule has 2 heterocycles. The van der Waals surface area contributed by atoms with E-state index in [9.17, 15) is 4.79 Å². The lowest BCUT2D eigenvalue weighted by Gasteiger charge is -2.33. The smallest absolute Gasteiger partial charge is 0.237 e. The highest BCUT2D eigenvalue weighted by atomic mass is 16.5. The number of rotatable bonds is 6. The standard InChI is InChI=1S/C14H22N2O4/c1-4-11(10(3)17)12-15-13(16-20-12)14(19-5-2)6-8-18-9-7-14/h11H,4-9H2,1-3H3. The first kappa shape index (κ1) is 15.1. The SMILES string of the molecule is CCOC1(c2noc(C(CC)C(C)=O)n2)CCOCC1. The van der Waals surface area contributed by atoms with Gasteiger partial charge in [0.15, 0.2) is 0 Å². The van der Waals surface area contributed by atoms with Crippen LogP contribution in [0.2, 0.25) is 0 Å². The molecule has 1 aliphatic rings. The maximum Gasteiger partial charge on any atom is 0.237 e.